The van der Waals surface area contributed by atoms with Crippen molar-refractivity contribution in [2.45, 2.75) is 12.1 Å². The highest BCUT2D eigenvalue weighted by Gasteiger charge is 2.37. The number of rotatable bonds is 1. The molecule has 0 saturated heterocycles. The second-order valence-corrected chi connectivity index (χ2v) is 3.32. The van der Waals surface area contributed by atoms with E-state index in [0.717, 1.165) is 0 Å². The van der Waals surface area contributed by atoms with Crippen LogP contribution in [-0.2, 0) is 9.53 Å². The molecule has 0 spiro atoms. The number of fused-ring (bicyclic) bond motifs is 1. The Morgan fingerprint density at radius 3 is 3.00 bits per heavy atom. The highest BCUT2D eigenvalue weighted by Crippen LogP contribution is 2.35. The third-order valence-corrected chi connectivity index (χ3v) is 2.42. The van der Waals surface area contributed by atoms with Crippen LogP contribution in [0.2, 0.25) is 0 Å². The second-order valence-electron chi connectivity index (χ2n) is 3.32. The molecular weight excluding hydrogens is 201 g/mol. The number of carbonyl (C=O) groups excluding carboxylic acids is 1. The molecular formula is C10H10FNO3. The first-order valence-corrected chi connectivity index (χ1v) is 4.45. The number of esters is 1. The average Bonchev–Trinajstić information content (AvgIpc) is 2.52. The van der Waals surface area contributed by atoms with Gasteiger partial charge in [-0.05, 0) is 23.8 Å². The fourth-order valence-corrected chi connectivity index (χ4v) is 1.72. The Labute approximate surface area is 85.7 Å². The summed E-state index contributed by atoms with van der Waals surface area (Å²) in [7, 11) is 1.23. The van der Waals surface area contributed by atoms with Gasteiger partial charge in [0.2, 0.25) is 0 Å². The molecule has 2 rings (SSSR count). The molecule has 1 aliphatic rings. The smallest absolute Gasteiger partial charge is 0.317 e. The van der Waals surface area contributed by atoms with Gasteiger partial charge < -0.3 is 15.2 Å². The van der Waals surface area contributed by atoms with E-state index in [1.165, 1.54) is 25.3 Å². The quantitative estimate of drug-likeness (QED) is 0.675. The number of aliphatic hydroxyl groups excluding tert-OH is 1. The van der Waals surface area contributed by atoms with E-state index in [-0.39, 0.29) is 0 Å². The van der Waals surface area contributed by atoms with Gasteiger partial charge in [0.25, 0.3) is 0 Å². The topological polar surface area (TPSA) is 58.6 Å². The molecule has 1 aromatic rings. The number of ether oxygens (including phenoxy) is 1. The summed E-state index contributed by atoms with van der Waals surface area (Å²) in [6.45, 7) is 0. The van der Waals surface area contributed by atoms with Gasteiger partial charge >= 0.3 is 5.97 Å². The normalized spacial score (nSPS) is 23.1. The summed E-state index contributed by atoms with van der Waals surface area (Å²) in [6, 6.07) is 3.97. The van der Waals surface area contributed by atoms with Gasteiger partial charge in [-0.2, -0.15) is 0 Å². The molecule has 0 bridgehead atoms. The van der Waals surface area contributed by atoms with E-state index in [9.17, 15) is 14.3 Å². The maximum Gasteiger partial charge on any atom is 0.317 e. The highest BCUT2D eigenvalue weighted by atomic mass is 19.1. The van der Waals surface area contributed by atoms with Crippen molar-refractivity contribution in [1.82, 2.24) is 0 Å². The summed E-state index contributed by atoms with van der Waals surface area (Å²) in [5.41, 5.74) is 0.980. The summed E-state index contributed by atoms with van der Waals surface area (Å²) < 4.78 is 17.5. The van der Waals surface area contributed by atoms with Crippen LogP contribution in [0.25, 0.3) is 0 Å². The summed E-state index contributed by atoms with van der Waals surface area (Å²) in [4.78, 5) is 11.4. The Hall–Kier alpha value is -1.62. The van der Waals surface area contributed by atoms with Crippen LogP contribution in [0.1, 0.15) is 11.5 Å². The van der Waals surface area contributed by atoms with E-state index >= 15 is 0 Å². The molecule has 2 unspecified atom stereocenters. The minimum absolute atomic E-state index is 0.425. The van der Waals surface area contributed by atoms with Crippen molar-refractivity contribution in [3.05, 3.63) is 29.6 Å². The fourth-order valence-electron chi connectivity index (χ4n) is 1.72. The first kappa shape index (κ1) is 9.92. The molecule has 2 atom stereocenters. The van der Waals surface area contributed by atoms with E-state index in [1.807, 2.05) is 0 Å². The third kappa shape index (κ3) is 1.55. The summed E-state index contributed by atoms with van der Waals surface area (Å²) in [5, 5.41) is 12.2. The number of anilines is 1. The van der Waals surface area contributed by atoms with Gasteiger partial charge in [-0.15, -0.1) is 0 Å². The zero-order valence-electron chi connectivity index (χ0n) is 8.03. The Bertz CT molecular complexity index is 408. The monoisotopic (exact) mass is 211 g/mol. The molecule has 80 valence electrons. The van der Waals surface area contributed by atoms with Crippen LogP contribution < -0.4 is 5.32 Å². The van der Waals surface area contributed by atoms with Crippen molar-refractivity contribution < 1.29 is 19.0 Å². The van der Waals surface area contributed by atoms with E-state index in [2.05, 4.69) is 10.1 Å². The average molecular weight is 211 g/mol. The predicted molar refractivity (Wildman–Crippen MR) is 50.8 cm³/mol. The van der Waals surface area contributed by atoms with Gasteiger partial charge in [0, 0.05) is 5.69 Å². The van der Waals surface area contributed by atoms with Gasteiger partial charge in [0.1, 0.15) is 18.0 Å². The molecule has 4 nitrogen and oxygen atoms in total. The van der Waals surface area contributed by atoms with Crippen molar-refractivity contribution in [3.63, 3.8) is 0 Å². The van der Waals surface area contributed by atoms with Gasteiger partial charge in [-0.25, -0.2) is 4.39 Å². The van der Waals surface area contributed by atoms with Gasteiger partial charge in [0.15, 0.2) is 0 Å². The number of hydrogen-bond donors (Lipinski definition) is 2. The third-order valence-electron chi connectivity index (χ3n) is 2.42. The molecule has 15 heavy (non-hydrogen) atoms. The molecule has 0 radical (unpaired) electrons. The fraction of sp³-hybridized carbons (Fsp3) is 0.300. The van der Waals surface area contributed by atoms with E-state index in [1.54, 1.807) is 0 Å². The molecule has 1 aliphatic heterocycles. The summed E-state index contributed by atoms with van der Waals surface area (Å²) >= 11 is 0. The molecule has 1 aromatic carbocycles. The van der Waals surface area contributed by atoms with Crippen LogP contribution in [0.3, 0.4) is 0 Å². The lowest BCUT2D eigenvalue weighted by Crippen LogP contribution is -2.26. The lowest BCUT2D eigenvalue weighted by molar-refractivity contribution is -0.144. The summed E-state index contributed by atoms with van der Waals surface area (Å²) in [5.74, 6) is -1.89. The first-order valence-electron chi connectivity index (χ1n) is 4.45. The number of hydrogen-bond acceptors (Lipinski definition) is 4. The van der Waals surface area contributed by atoms with E-state index < -0.39 is 23.9 Å². The van der Waals surface area contributed by atoms with Crippen molar-refractivity contribution in [2.75, 3.05) is 12.4 Å². The van der Waals surface area contributed by atoms with Crippen LogP contribution in [0, 0.1) is 5.82 Å². The van der Waals surface area contributed by atoms with Crippen LogP contribution in [0.15, 0.2) is 18.2 Å². The lowest BCUT2D eigenvalue weighted by atomic mass is 10.0. The number of halogens is 1. The summed E-state index contributed by atoms with van der Waals surface area (Å²) in [6.07, 6.45) is -1.06. The molecule has 5 heteroatoms. The van der Waals surface area contributed by atoms with Crippen molar-refractivity contribution >= 4 is 11.7 Å². The lowest BCUT2D eigenvalue weighted by Gasteiger charge is -2.11. The Morgan fingerprint density at radius 1 is 1.60 bits per heavy atom. The standard InChI is InChI=1S/C10H10FNO3/c1-15-10(14)8-6-4-5(11)2-3-7(6)12-9(8)13/h2-4,8-9,12-13H,1H3. The number of carbonyl (C=O) groups is 1. The predicted octanol–water partition coefficient (Wildman–Crippen LogP) is 0.826. The van der Waals surface area contributed by atoms with Crippen LogP contribution in [0.5, 0.6) is 0 Å². The van der Waals surface area contributed by atoms with Crippen LogP contribution in [-0.4, -0.2) is 24.4 Å². The van der Waals surface area contributed by atoms with Gasteiger partial charge in [-0.1, -0.05) is 0 Å². The first-order chi connectivity index (χ1) is 7.13. The molecule has 2 N–H and O–H groups in total. The highest BCUT2D eigenvalue weighted by molar-refractivity contribution is 5.84. The molecule has 0 aliphatic carbocycles. The van der Waals surface area contributed by atoms with Crippen molar-refractivity contribution in [3.8, 4) is 0 Å². The zero-order chi connectivity index (χ0) is 11.0. The van der Waals surface area contributed by atoms with Gasteiger partial charge in [-0.3, -0.25) is 4.79 Å². The number of nitrogens with one attached hydrogen (secondary N) is 1. The van der Waals surface area contributed by atoms with E-state index in [4.69, 9.17) is 0 Å². The van der Waals surface area contributed by atoms with Crippen molar-refractivity contribution in [1.29, 1.82) is 0 Å². The molecule has 0 saturated carbocycles. The largest absolute Gasteiger partial charge is 0.468 e. The maximum atomic E-state index is 13.0. The van der Waals surface area contributed by atoms with Crippen molar-refractivity contribution in [2.24, 2.45) is 0 Å². The number of benzene rings is 1. The minimum Gasteiger partial charge on any atom is -0.468 e. The zero-order valence-corrected chi connectivity index (χ0v) is 8.03. The Morgan fingerprint density at radius 2 is 2.33 bits per heavy atom. The van der Waals surface area contributed by atoms with Crippen LogP contribution in [0.4, 0.5) is 10.1 Å². The molecule has 0 aromatic heterocycles. The molecule has 0 amide bonds. The second kappa shape index (κ2) is 3.51. The van der Waals surface area contributed by atoms with E-state index in [0.29, 0.717) is 11.3 Å². The molecule has 1 heterocycles. The SMILES string of the molecule is COC(=O)C1c2cc(F)ccc2NC1O. The van der Waals surface area contributed by atoms with Gasteiger partial charge in [0.05, 0.1) is 7.11 Å². The number of aliphatic hydroxyl groups is 1. The van der Waals surface area contributed by atoms with Crippen LogP contribution >= 0.6 is 0 Å². The Balaban J connectivity index is 2.43. The Kier molecular flexibility index (Phi) is 2.32. The maximum absolute atomic E-state index is 13.0. The minimum atomic E-state index is -1.06. The number of methoxy groups -OCH3 is 1. The molecule has 0 fully saturated rings.